The molecule has 8 N–H and O–H groups in total. The van der Waals surface area contributed by atoms with E-state index >= 15 is 0 Å². The topological polar surface area (TPSA) is 356 Å². The van der Waals surface area contributed by atoms with Crippen molar-refractivity contribution in [1.29, 1.82) is 0 Å². The molecule has 0 radical (unpaired) electrons. The number of carbonyl (C=O) groups is 8. The van der Waals surface area contributed by atoms with Crippen LogP contribution in [0.2, 0.25) is 50.2 Å². The Hall–Kier alpha value is -10.5. The molecule has 0 saturated heterocycles. The molecular weight excluding hydrogens is 2020 g/mol. The predicted octanol–water partition coefficient (Wildman–Crippen LogP) is 22.1. The molecule has 0 fully saturated rings. The van der Waals surface area contributed by atoms with Crippen LogP contribution in [-0.2, 0) is 12.4 Å². The van der Waals surface area contributed by atoms with Crippen LogP contribution in [0.15, 0.2) is 155 Å². The molecular formula is C82H70Br2Cl10F6N20O8. The summed E-state index contributed by atoms with van der Waals surface area (Å²) in [6, 6.07) is 28.0. The Bertz CT molecular complexity index is 6120. The van der Waals surface area contributed by atoms with Gasteiger partial charge in [-0.15, -0.1) is 0 Å². The molecule has 12 aromatic rings. The van der Waals surface area contributed by atoms with Crippen molar-refractivity contribution in [2.75, 3.05) is 27.8 Å². The minimum atomic E-state index is -4.85. The minimum Gasteiger partial charge on any atom is -0.352 e. The number of amides is 8. The maximum Gasteiger partial charge on any atom is 0.435 e. The number of nitrogens with one attached hydrogen (secondary N) is 8. The Morgan fingerprint density at radius 1 is 0.336 bits per heavy atom. The average molecular weight is 2090 g/mol. The first-order valence-corrected chi connectivity index (χ1v) is 42.4. The Labute approximate surface area is 792 Å². The van der Waals surface area contributed by atoms with Crippen molar-refractivity contribution in [2.24, 2.45) is 0 Å². The highest BCUT2D eigenvalue weighted by atomic mass is 79.9. The molecule has 0 aliphatic heterocycles. The maximum absolute atomic E-state index is 13.4. The van der Waals surface area contributed by atoms with Crippen LogP contribution in [-0.4, -0.2) is 129 Å². The highest BCUT2D eigenvalue weighted by Gasteiger charge is 2.40. The highest BCUT2D eigenvalue weighted by Crippen LogP contribution is 2.39. The van der Waals surface area contributed by atoms with Gasteiger partial charge in [0, 0.05) is 92.3 Å². The molecule has 128 heavy (non-hydrogen) atoms. The molecule has 0 spiro atoms. The lowest BCUT2D eigenvalue weighted by atomic mass is 10.0. The van der Waals surface area contributed by atoms with Crippen LogP contribution < -0.4 is 42.5 Å². The van der Waals surface area contributed by atoms with Crippen molar-refractivity contribution < 1.29 is 64.7 Å². The molecule has 672 valence electrons. The zero-order valence-corrected chi connectivity index (χ0v) is 79.2. The van der Waals surface area contributed by atoms with Crippen molar-refractivity contribution in [2.45, 2.75) is 112 Å². The first-order chi connectivity index (χ1) is 59.6. The number of nitrogens with zero attached hydrogens (tertiary/aromatic N) is 12. The van der Waals surface area contributed by atoms with E-state index in [0.29, 0.717) is 74.9 Å². The summed E-state index contributed by atoms with van der Waals surface area (Å²) >= 11 is 67.9. The van der Waals surface area contributed by atoms with Gasteiger partial charge in [-0.2, -0.15) is 46.7 Å². The average Bonchev–Trinajstić information content (AvgIpc) is 1.62. The second-order valence-electron chi connectivity index (χ2n) is 30.1. The molecule has 4 aromatic carbocycles. The SMILES string of the molecule is CC(C)(C)NC(=O)c1cc(Cl)cc(Cl)c1NC(=O)c1cc(C(F)(F)F)nn1-c1ncccc1Cl.CCNC(=O)c1cc(Cl)cc(Cl)c1NC(=O)c1cc(Br)nn1-c1ncccc1Cl.Cc1cc(Cl)cc(C(=O)NC(C)(C)C)c1NC(=O)c1cc(Br)nn1-c1ncccc1Cl.Cc1cc(Cl)cc(C(=O)NC(C)(C)C)c1NC(=O)c1cc(C(F)(F)F)nn1-c1ncccc1Cl. The number of pyridine rings is 4. The fourth-order valence-electron chi connectivity index (χ4n) is 11.3. The van der Waals surface area contributed by atoms with E-state index in [9.17, 15) is 64.7 Å². The molecule has 0 aliphatic carbocycles. The van der Waals surface area contributed by atoms with E-state index in [0.717, 1.165) is 0 Å². The molecule has 8 heterocycles. The van der Waals surface area contributed by atoms with Crippen molar-refractivity contribution in [3.63, 3.8) is 0 Å². The van der Waals surface area contributed by atoms with Gasteiger partial charge >= 0.3 is 12.4 Å². The smallest absolute Gasteiger partial charge is 0.352 e. The van der Waals surface area contributed by atoms with Crippen LogP contribution in [0.5, 0.6) is 0 Å². The standard InChI is InChI=1S/C22H20Cl2F3N5O2.C21H20BrCl2N5O2.C21H17Cl3F3N5O2.C18H13BrCl3N5O2/c1-11-8-12(23)9-13(19(33)30-21(2,3)4)17(11)29-20(34)15-10-16(22(25,26)27)31-32(15)18-14(24)6-5-7-28-18;1-11-8-12(23)9-13(19(30)27-21(2,3)4)17(11)26-20(31)15-10-16(22)28-29(15)18-14(24)6-5-7-25-18;1-20(2,3)30-18(33)11-7-10(22)8-13(24)16(11)29-19(34)14-9-15(21(25,26)27)31-32(14)17-12(23)5-4-6-28-17;1-2-23-17(28)10-6-9(20)7-12(22)15(10)25-18(29)13-8-14(19)26-27(13)16-11(21)4-3-5-24-16/h5-10H,1-4H3,(H,29,34)(H,30,33);5-10H,1-4H3,(H,26,31)(H,27,30);4-9H,1-3H3,(H,29,34)(H,30,33);3-8H,2H2,1H3,(H,23,28)(H,25,29). The monoisotopic (exact) mass is 2080 g/mol. The number of benzene rings is 4. The van der Waals surface area contributed by atoms with Gasteiger partial charge in [-0.1, -0.05) is 116 Å². The summed E-state index contributed by atoms with van der Waals surface area (Å²) in [6.45, 7) is 21.7. The van der Waals surface area contributed by atoms with Crippen molar-refractivity contribution in [3.8, 4) is 23.3 Å². The number of rotatable bonds is 17. The number of anilines is 4. The Balaban J connectivity index is 0.000000193. The number of aromatic nitrogens is 12. The molecule has 0 aliphatic rings. The second-order valence-corrected chi connectivity index (χ2v) is 35.9. The first kappa shape index (κ1) is 101. The molecule has 0 bridgehead atoms. The zero-order chi connectivity index (χ0) is 94.9. The van der Waals surface area contributed by atoms with Gasteiger partial charge in [0.05, 0.1) is 75.1 Å². The molecule has 0 unspecified atom stereocenters. The zero-order valence-electron chi connectivity index (χ0n) is 68.5. The van der Waals surface area contributed by atoms with E-state index in [1.165, 1.54) is 101 Å². The Morgan fingerprint density at radius 2 is 0.586 bits per heavy atom. The summed E-state index contributed by atoms with van der Waals surface area (Å²) in [5.74, 6) is -4.75. The summed E-state index contributed by atoms with van der Waals surface area (Å²) in [6.07, 6.45) is -4.01. The molecule has 12 rings (SSSR count). The largest absolute Gasteiger partial charge is 0.435 e. The number of aryl methyl sites for hydroxylation is 2. The summed E-state index contributed by atoms with van der Waals surface area (Å²) < 4.78 is 85.1. The normalized spacial score (nSPS) is 11.5. The molecule has 46 heteroatoms. The lowest BCUT2D eigenvalue weighted by Gasteiger charge is -2.22. The van der Waals surface area contributed by atoms with E-state index in [-0.39, 0.29) is 109 Å². The predicted molar refractivity (Wildman–Crippen MR) is 488 cm³/mol. The number of alkyl halides is 6. The van der Waals surface area contributed by atoms with E-state index in [1.807, 2.05) is 20.8 Å². The third-order valence-electron chi connectivity index (χ3n) is 16.5. The van der Waals surface area contributed by atoms with Gasteiger partial charge in [0.2, 0.25) is 0 Å². The number of hydrogen-bond donors (Lipinski definition) is 8. The fraction of sp³-hybridized carbons (Fsp3) is 0.220. The summed E-state index contributed by atoms with van der Waals surface area (Å²) in [5.41, 5.74) is -3.20. The van der Waals surface area contributed by atoms with Crippen LogP contribution in [0, 0.1) is 13.8 Å². The summed E-state index contributed by atoms with van der Waals surface area (Å²) in [7, 11) is 0. The molecule has 8 aromatic heterocycles. The second kappa shape index (κ2) is 42.0. The van der Waals surface area contributed by atoms with Gasteiger partial charge in [-0.05, 0) is 223 Å². The van der Waals surface area contributed by atoms with Crippen LogP contribution in [0.25, 0.3) is 23.3 Å². The molecule has 0 atom stereocenters. The van der Waals surface area contributed by atoms with Crippen molar-refractivity contribution in [1.82, 2.24) is 80.3 Å². The lowest BCUT2D eigenvalue weighted by Crippen LogP contribution is -2.41. The molecule has 0 saturated carbocycles. The third-order valence-corrected chi connectivity index (χ3v) is 19.9. The molecule has 28 nitrogen and oxygen atoms in total. The van der Waals surface area contributed by atoms with Crippen LogP contribution in [0.4, 0.5) is 49.1 Å². The van der Waals surface area contributed by atoms with E-state index < -0.39 is 93.1 Å². The Morgan fingerprint density at radius 3 is 0.852 bits per heavy atom. The summed E-state index contributed by atoms with van der Waals surface area (Å²) in [5, 5.41) is 38.5. The third kappa shape index (κ3) is 26.4. The highest BCUT2D eigenvalue weighted by molar-refractivity contribution is 9.10. The van der Waals surface area contributed by atoms with Crippen LogP contribution in [0.1, 0.15) is 175 Å². The fourth-order valence-corrected chi connectivity index (χ4v) is 14.5. The number of halogens is 18. The van der Waals surface area contributed by atoms with Crippen LogP contribution in [0.3, 0.4) is 0 Å². The van der Waals surface area contributed by atoms with Crippen molar-refractivity contribution in [3.05, 3.63) is 273 Å². The van der Waals surface area contributed by atoms with Gasteiger partial charge in [0.1, 0.15) is 32.0 Å². The van der Waals surface area contributed by atoms with Crippen molar-refractivity contribution >= 4 is 218 Å². The number of carbonyl (C=O) groups excluding carboxylic acids is 8. The van der Waals surface area contributed by atoms with Crippen LogP contribution >= 0.6 is 148 Å². The molecule has 8 amide bonds. The van der Waals surface area contributed by atoms with Gasteiger partial charge in [-0.25, -0.2) is 38.7 Å². The van der Waals surface area contributed by atoms with E-state index in [2.05, 4.69) is 115 Å². The van der Waals surface area contributed by atoms with Gasteiger partial charge in [0.25, 0.3) is 47.3 Å². The Kier molecular flexibility index (Phi) is 33.2. The lowest BCUT2D eigenvalue weighted by molar-refractivity contribution is -0.142. The first-order valence-electron chi connectivity index (χ1n) is 37.0. The number of hydrogen-bond acceptors (Lipinski definition) is 16. The van der Waals surface area contributed by atoms with Gasteiger partial charge in [0.15, 0.2) is 34.7 Å². The van der Waals surface area contributed by atoms with E-state index in [1.54, 1.807) is 105 Å². The quantitative estimate of drug-likeness (QED) is 0.0393. The minimum absolute atomic E-state index is 0.0127. The maximum atomic E-state index is 13.4. The van der Waals surface area contributed by atoms with Gasteiger partial charge in [-0.3, -0.25) is 38.4 Å². The van der Waals surface area contributed by atoms with E-state index in [4.69, 9.17) is 116 Å². The summed E-state index contributed by atoms with van der Waals surface area (Å²) in [4.78, 5) is 120. The van der Waals surface area contributed by atoms with Gasteiger partial charge < -0.3 is 42.5 Å².